The van der Waals surface area contributed by atoms with Crippen LogP contribution in [0.2, 0.25) is 0 Å². The van der Waals surface area contributed by atoms with E-state index in [4.69, 9.17) is 9.72 Å². The smallest absolute Gasteiger partial charge is 0.255 e. The lowest BCUT2D eigenvalue weighted by atomic mass is 10.1. The van der Waals surface area contributed by atoms with Gasteiger partial charge in [0.05, 0.1) is 23.4 Å². The van der Waals surface area contributed by atoms with Crippen LogP contribution in [0.1, 0.15) is 15.9 Å². The number of thiazole rings is 1. The number of aryl methyl sites for hydroxylation is 1. The number of nitrogens with one attached hydrogen (secondary N) is 1. The van der Waals surface area contributed by atoms with Gasteiger partial charge >= 0.3 is 0 Å². The summed E-state index contributed by atoms with van der Waals surface area (Å²) in [4.78, 5) is 19.5. The summed E-state index contributed by atoms with van der Waals surface area (Å²) in [7, 11) is 0. The van der Waals surface area contributed by atoms with Crippen molar-refractivity contribution in [2.24, 2.45) is 0 Å². The summed E-state index contributed by atoms with van der Waals surface area (Å²) in [5, 5.41) is 3.97. The zero-order valence-corrected chi connectivity index (χ0v) is 14.8. The van der Waals surface area contributed by atoms with Gasteiger partial charge in [-0.1, -0.05) is 29.5 Å². The molecule has 2 aromatic carbocycles. The van der Waals surface area contributed by atoms with Gasteiger partial charge in [0.25, 0.3) is 5.91 Å². The molecule has 0 aliphatic carbocycles. The van der Waals surface area contributed by atoms with Crippen molar-refractivity contribution < 1.29 is 9.53 Å². The van der Waals surface area contributed by atoms with Gasteiger partial charge in [0.2, 0.25) is 0 Å². The van der Waals surface area contributed by atoms with E-state index >= 15 is 0 Å². The Labute approximate surface area is 150 Å². The zero-order chi connectivity index (χ0) is 17.2. The van der Waals surface area contributed by atoms with E-state index in [9.17, 15) is 4.79 Å². The van der Waals surface area contributed by atoms with Gasteiger partial charge in [-0.05, 0) is 36.8 Å². The number of carbonyl (C=O) groups excluding carboxylic acids is 1. The molecule has 1 aliphatic rings. The molecule has 0 radical (unpaired) electrons. The number of ether oxygens (including phenoxy) is 1. The van der Waals surface area contributed by atoms with Crippen LogP contribution in [-0.4, -0.2) is 37.2 Å². The molecule has 25 heavy (non-hydrogen) atoms. The molecule has 0 saturated carbocycles. The molecular formula is C19H19N3O2S. The molecule has 1 amide bonds. The summed E-state index contributed by atoms with van der Waals surface area (Å²) in [5.74, 6) is -0.0995. The Morgan fingerprint density at radius 1 is 1.20 bits per heavy atom. The van der Waals surface area contributed by atoms with Gasteiger partial charge in [0, 0.05) is 24.3 Å². The normalized spacial score (nSPS) is 14.7. The van der Waals surface area contributed by atoms with Crippen molar-refractivity contribution in [2.75, 3.05) is 36.5 Å². The number of hydrogen-bond acceptors (Lipinski definition) is 5. The van der Waals surface area contributed by atoms with E-state index in [-0.39, 0.29) is 5.91 Å². The minimum absolute atomic E-state index is 0.0995. The van der Waals surface area contributed by atoms with Crippen LogP contribution in [0.25, 0.3) is 10.2 Å². The Morgan fingerprint density at radius 2 is 2.00 bits per heavy atom. The SMILES string of the molecule is Cc1ccccc1NC(=O)c1ccc2nc(N3CCOCC3)sc2c1. The fraction of sp³-hybridized carbons (Fsp3) is 0.263. The molecule has 4 rings (SSSR count). The number of rotatable bonds is 3. The second-order valence-electron chi connectivity index (χ2n) is 6.05. The lowest BCUT2D eigenvalue weighted by Crippen LogP contribution is -2.36. The molecule has 5 nitrogen and oxygen atoms in total. The molecular weight excluding hydrogens is 334 g/mol. The van der Waals surface area contributed by atoms with Crippen LogP contribution >= 0.6 is 11.3 Å². The van der Waals surface area contributed by atoms with Crippen molar-refractivity contribution in [2.45, 2.75) is 6.92 Å². The van der Waals surface area contributed by atoms with Crippen LogP contribution in [0, 0.1) is 6.92 Å². The summed E-state index contributed by atoms with van der Waals surface area (Å²) in [6.07, 6.45) is 0. The molecule has 0 atom stereocenters. The number of carbonyl (C=O) groups is 1. The van der Waals surface area contributed by atoms with Crippen LogP contribution in [0.5, 0.6) is 0 Å². The van der Waals surface area contributed by atoms with E-state index in [0.29, 0.717) is 5.56 Å². The Bertz CT molecular complexity index is 916. The first-order chi connectivity index (χ1) is 12.2. The third kappa shape index (κ3) is 3.36. The van der Waals surface area contributed by atoms with Crippen molar-refractivity contribution in [1.82, 2.24) is 4.98 Å². The number of morpholine rings is 1. The van der Waals surface area contributed by atoms with Crippen molar-refractivity contribution in [1.29, 1.82) is 0 Å². The van der Waals surface area contributed by atoms with Gasteiger partial charge < -0.3 is 15.0 Å². The lowest BCUT2D eigenvalue weighted by Gasteiger charge is -2.25. The molecule has 0 unspecified atom stereocenters. The highest BCUT2D eigenvalue weighted by atomic mass is 32.1. The first-order valence-electron chi connectivity index (χ1n) is 8.31. The second-order valence-corrected chi connectivity index (χ2v) is 7.06. The van der Waals surface area contributed by atoms with E-state index in [1.165, 1.54) is 0 Å². The quantitative estimate of drug-likeness (QED) is 0.780. The van der Waals surface area contributed by atoms with Gasteiger partial charge in [0.1, 0.15) is 0 Å². The average Bonchev–Trinajstić information content (AvgIpc) is 3.07. The number of aromatic nitrogens is 1. The molecule has 0 spiro atoms. The summed E-state index contributed by atoms with van der Waals surface area (Å²) in [5.41, 5.74) is 3.46. The highest BCUT2D eigenvalue weighted by Gasteiger charge is 2.16. The molecule has 1 N–H and O–H groups in total. The number of fused-ring (bicyclic) bond motifs is 1. The summed E-state index contributed by atoms with van der Waals surface area (Å²) in [6.45, 7) is 5.18. The minimum atomic E-state index is -0.0995. The van der Waals surface area contributed by atoms with E-state index in [1.54, 1.807) is 11.3 Å². The minimum Gasteiger partial charge on any atom is -0.378 e. The van der Waals surface area contributed by atoms with Crippen molar-refractivity contribution in [3.8, 4) is 0 Å². The first-order valence-corrected chi connectivity index (χ1v) is 9.12. The average molecular weight is 353 g/mol. The van der Waals surface area contributed by atoms with Crippen molar-refractivity contribution in [3.05, 3.63) is 53.6 Å². The van der Waals surface area contributed by atoms with Crippen LogP contribution in [-0.2, 0) is 4.74 Å². The fourth-order valence-corrected chi connectivity index (χ4v) is 3.91. The molecule has 3 aromatic rings. The molecule has 0 bridgehead atoms. The summed E-state index contributed by atoms with van der Waals surface area (Å²) in [6, 6.07) is 13.4. The lowest BCUT2D eigenvalue weighted by molar-refractivity contribution is 0.102. The van der Waals surface area contributed by atoms with Crippen molar-refractivity contribution in [3.63, 3.8) is 0 Å². The van der Waals surface area contributed by atoms with Crippen LogP contribution in [0.3, 0.4) is 0 Å². The Morgan fingerprint density at radius 3 is 2.80 bits per heavy atom. The van der Waals surface area contributed by atoms with Gasteiger partial charge in [0.15, 0.2) is 5.13 Å². The predicted octanol–water partition coefficient (Wildman–Crippen LogP) is 3.69. The topological polar surface area (TPSA) is 54.5 Å². The van der Waals surface area contributed by atoms with Gasteiger partial charge in [-0.25, -0.2) is 4.98 Å². The van der Waals surface area contributed by atoms with E-state index in [2.05, 4.69) is 10.2 Å². The monoisotopic (exact) mass is 353 g/mol. The maximum absolute atomic E-state index is 12.6. The molecule has 1 fully saturated rings. The maximum atomic E-state index is 12.6. The van der Waals surface area contributed by atoms with Gasteiger partial charge in [-0.3, -0.25) is 4.79 Å². The number of nitrogens with zero attached hydrogens (tertiary/aromatic N) is 2. The zero-order valence-electron chi connectivity index (χ0n) is 14.0. The highest BCUT2D eigenvalue weighted by molar-refractivity contribution is 7.22. The highest BCUT2D eigenvalue weighted by Crippen LogP contribution is 2.30. The van der Waals surface area contributed by atoms with Crippen LogP contribution in [0.15, 0.2) is 42.5 Å². The number of para-hydroxylation sites is 1. The van der Waals surface area contributed by atoms with Crippen LogP contribution < -0.4 is 10.2 Å². The third-order valence-corrected chi connectivity index (χ3v) is 5.39. The first kappa shape index (κ1) is 16.1. The van der Waals surface area contributed by atoms with E-state index in [0.717, 1.165) is 52.9 Å². The van der Waals surface area contributed by atoms with Crippen LogP contribution in [0.4, 0.5) is 10.8 Å². The molecule has 1 aromatic heterocycles. The summed E-state index contributed by atoms with van der Waals surface area (Å²) < 4.78 is 6.42. The van der Waals surface area contributed by atoms with E-state index < -0.39 is 0 Å². The number of anilines is 2. The van der Waals surface area contributed by atoms with E-state index in [1.807, 2.05) is 49.4 Å². The Hall–Kier alpha value is -2.44. The standard InChI is InChI=1S/C19H19N3O2S/c1-13-4-2-3-5-15(13)20-18(23)14-6-7-16-17(12-14)25-19(21-16)22-8-10-24-11-9-22/h2-7,12H,8-11H2,1H3,(H,20,23). The largest absolute Gasteiger partial charge is 0.378 e. The van der Waals surface area contributed by atoms with Gasteiger partial charge in [-0.15, -0.1) is 0 Å². The fourth-order valence-electron chi connectivity index (χ4n) is 2.85. The third-order valence-electron chi connectivity index (χ3n) is 4.31. The molecule has 1 aliphatic heterocycles. The summed E-state index contributed by atoms with van der Waals surface area (Å²) >= 11 is 1.62. The Balaban J connectivity index is 1.58. The second kappa shape index (κ2) is 6.82. The van der Waals surface area contributed by atoms with Gasteiger partial charge in [-0.2, -0.15) is 0 Å². The van der Waals surface area contributed by atoms with Crippen molar-refractivity contribution >= 4 is 38.3 Å². The molecule has 128 valence electrons. The Kier molecular flexibility index (Phi) is 4.38. The number of hydrogen-bond donors (Lipinski definition) is 1. The predicted molar refractivity (Wildman–Crippen MR) is 102 cm³/mol. The number of benzene rings is 2. The number of amides is 1. The maximum Gasteiger partial charge on any atom is 0.255 e. The molecule has 1 saturated heterocycles. The molecule has 2 heterocycles. The molecule has 6 heteroatoms.